The van der Waals surface area contributed by atoms with E-state index in [4.69, 9.17) is 9.47 Å². The Morgan fingerprint density at radius 1 is 1.25 bits per heavy atom. The summed E-state index contributed by atoms with van der Waals surface area (Å²) in [6, 6.07) is 11.8. The molecule has 6 heteroatoms. The zero-order chi connectivity index (χ0) is 16.2. The van der Waals surface area contributed by atoms with Crippen molar-refractivity contribution in [3.8, 4) is 11.6 Å². The second kappa shape index (κ2) is 6.99. The Hall–Kier alpha value is -1.79. The van der Waals surface area contributed by atoms with E-state index < -0.39 is 0 Å². The molecule has 2 unspecified atom stereocenters. The van der Waals surface area contributed by atoms with E-state index in [1.807, 2.05) is 42.1 Å². The third-order valence-electron chi connectivity index (χ3n) is 4.49. The highest BCUT2D eigenvalue weighted by atomic mass is 32.2. The minimum absolute atomic E-state index is 0.0543. The van der Waals surface area contributed by atoms with Crippen molar-refractivity contribution < 1.29 is 9.47 Å². The monoisotopic (exact) mass is 343 g/mol. The van der Waals surface area contributed by atoms with E-state index in [0.29, 0.717) is 17.9 Å². The molecule has 4 rings (SSSR count). The lowest BCUT2D eigenvalue weighted by Crippen LogP contribution is -2.44. The van der Waals surface area contributed by atoms with Gasteiger partial charge in [-0.05, 0) is 37.1 Å². The number of nitrogens with zero attached hydrogens (tertiary/aromatic N) is 2. The quantitative estimate of drug-likeness (QED) is 0.913. The average Bonchev–Trinajstić information content (AvgIpc) is 3.04. The molecule has 0 saturated carbocycles. The molecule has 1 spiro atoms. The van der Waals surface area contributed by atoms with Gasteiger partial charge in [0.05, 0.1) is 5.60 Å². The second-order valence-electron chi connectivity index (χ2n) is 6.30. The Morgan fingerprint density at radius 2 is 2.17 bits per heavy atom. The topological polar surface area (TPSA) is 56.3 Å². The third kappa shape index (κ3) is 3.65. The highest BCUT2D eigenvalue weighted by molar-refractivity contribution is 7.99. The third-order valence-corrected chi connectivity index (χ3v) is 5.71. The van der Waals surface area contributed by atoms with Crippen molar-refractivity contribution in [2.45, 2.75) is 30.9 Å². The van der Waals surface area contributed by atoms with E-state index in [1.165, 1.54) is 5.75 Å². The predicted octanol–water partition coefficient (Wildman–Crippen LogP) is 3.74. The van der Waals surface area contributed by atoms with Gasteiger partial charge in [0, 0.05) is 30.7 Å². The van der Waals surface area contributed by atoms with Gasteiger partial charge in [0.15, 0.2) is 0 Å². The van der Waals surface area contributed by atoms with Gasteiger partial charge >= 0.3 is 0 Å². The largest absolute Gasteiger partial charge is 0.439 e. The van der Waals surface area contributed by atoms with Crippen molar-refractivity contribution in [1.82, 2.24) is 9.97 Å². The highest BCUT2D eigenvalue weighted by Gasteiger charge is 2.40. The van der Waals surface area contributed by atoms with E-state index in [0.717, 1.165) is 37.4 Å². The van der Waals surface area contributed by atoms with E-state index in [9.17, 15) is 0 Å². The summed E-state index contributed by atoms with van der Waals surface area (Å²) in [6.07, 6.45) is 4.88. The number of aromatic nitrogens is 2. The van der Waals surface area contributed by atoms with Crippen LogP contribution in [0, 0.1) is 0 Å². The van der Waals surface area contributed by atoms with Crippen LogP contribution in [0.15, 0.2) is 42.6 Å². The van der Waals surface area contributed by atoms with Crippen molar-refractivity contribution in [1.29, 1.82) is 0 Å². The Kier molecular flexibility index (Phi) is 4.58. The summed E-state index contributed by atoms with van der Waals surface area (Å²) >= 11 is 1.99. The molecule has 0 aliphatic carbocycles. The average molecular weight is 343 g/mol. The van der Waals surface area contributed by atoms with Crippen LogP contribution >= 0.6 is 11.8 Å². The molecule has 2 aromatic rings. The molecule has 3 heterocycles. The number of thioether (sulfide) groups is 1. The van der Waals surface area contributed by atoms with Gasteiger partial charge in [-0.2, -0.15) is 16.7 Å². The number of benzene rings is 1. The molecule has 0 amide bonds. The number of hydrogen-bond donors (Lipinski definition) is 1. The molecule has 2 aliphatic rings. The number of para-hydroxylation sites is 1. The summed E-state index contributed by atoms with van der Waals surface area (Å²) in [5.74, 6) is 4.25. The minimum Gasteiger partial charge on any atom is -0.439 e. The van der Waals surface area contributed by atoms with E-state index >= 15 is 0 Å². The normalized spacial score (nSPS) is 26.4. The molecule has 5 nitrogen and oxygen atoms in total. The molecule has 2 aliphatic heterocycles. The summed E-state index contributed by atoms with van der Waals surface area (Å²) in [5, 5.41) is 3.47. The maximum Gasteiger partial charge on any atom is 0.226 e. The van der Waals surface area contributed by atoms with Gasteiger partial charge in [-0.25, -0.2) is 4.98 Å². The maximum absolute atomic E-state index is 6.07. The molecular weight excluding hydrogens is 322 g/mol. The number of ether oxygens (including phenoxy) is 2. The Morgan fingerprint density at radius 3 is 3.00 bits per heavy atom. The van der Waals surface area contributed by atoms with Gasteiger partial charge in [0.2, 0.25) is 11.8 Å². The summed E-state index contributed by atoms with van der Waals surface area (Å²) in [5.41, 5.74) is 0.0543. The van der Waals surface area contributed by atoms with Gasteiger partial charge in [-0.15, -0.1) is 0 Å². The van der Waals surface area contributed by atoms with Gasteiger partial charge in [0.1, 0.15) is 5.75 Å². The van der Waals surface area contributed by atoms with Crippen molar-refractivity contribution in [2.24, 2.45) is 0 Å². The molecule has 0 radical (unpaired) electrons. The first-order chi connectivity index (χ1) is 11.8. The zero-order valence-electron chi connectivity index (χ0n) is 13.5. The van der Waals surface area contributed by atoms with Crippen LogP contribution in [0.4, 0.5) is 5.95 Å². The van der Waals surface area contributed by atoms with Crippen LogP contribution in [-0.2, 0) is 4.74 Å². The summed E-state index contributed by atoms with van der Waals surface area (Å²) < 4.78 is 11.9. The van der Waals surface area contributed by atoms with Crippen LogP contribution in [0.2, 0.25) is 0 Å². The van der Waals surface area contributed by atoms with Gasteiger partial charge in [-0.1, -0.05) is 18.2 Å². The fraction of sp³-hybridized carbons (Fsp3) is 0.444. The van der Waals surface area contributed by atoms with Crippen molar-refractivity contribution in [3.05, 3.63) is 42.6 Å². The standard InChI is InChI=1S/C18H21N3O2S/c1-2-4-15(5-3-1)23-16-6-9-19-17(21-16)20-14-7-10-22-18(12-14)8-11-24-13-18/h1-6,9,14H,7-8,10-13H2,(H,19,20,21). The van der Waals surface area contributed by atoms with Crippen LogP contribution in [-0.4, -0.2) is 39.7 Å². The van der Waals surface area contributed by atoms with Crippen molar-refractivity contribution in [3.63, 3.8) is 0 Å². The maximum atomic E-state index is 6.07. The van der Waals surface area contributed by atoms with Crippen LogP contribution < -0.4 is 10.1 Å². The minimum atomic E-state index is 0.0543. The first-order valence-electron chi connectivity index (χ1n) is 8.36. The SMILES string of the molecule is c1ccc(Oc2ccnc(NC3CCOC4(CCSC4)C3)n2)cc1. The lowest BCUT2D eigenvalue weighted by Gasteiger charge is -2.38. The molecular formula is C18H21N3O2S. The first kappa shape index (κ1) is 15.7. The lowest BCUT2D eigenvalue weighted by molar-refractivity contribution is -0.0629. The van der Waals surface area contributed by atoms with Crippen LogP contribution in [0.25, 0.3) is 0 Å². The number of nitrogens with one attached hydrogen (secondary N) is 1. The van der Waals surface area contributed by atoms with Crippen LogP contribution in [0.1, 0.15) is 19.3 Å². The Bertz CT molecular complexity index is 677. The van der Waals surface area contributed by atoms with E-state index in [1.54, 1.807) is 12.3 Å². The summed E-state index contributed by atoms with van der Waals surface area (Å²) in [4.78, 5) is 8.83. The number of rotatable bonds is 4. The molecule has 0 bridgehead atoms. The fourth-order valence-corrected chi connectivity index (χ4v) is 4.65. The van der Waals surface area contributed by atoms with Gasteiger partial charge < -0.3 is 14.8 Å². The van der Waals surface area contributed by atoms with E-state index in [-0.39, 0.29) is 5.60 Å². The summed E-state index contributed by atoms with van der Waals surface area (Å²) in [6.45, 7) is 0.804. The van der Waals surface area contributed by atoms with Crippen molar-refractivity contribution >= 4 is 17.7 Å². The smallest absolute Gasteiger partial charge is 0.226 e. The van der Waals surface area contributed by atoms with Gasteiger partial charge in [0.25, 0.3) is 0 Å². The number of anilines is 1. The molecule has 126 valence electrons. The molecule has 1 aromatic heterocycles. The molecule has 1 N–H and O–H groups in total. The number of hydrogen-bond acceptors (Lipinski definition) is 6. The molecule has 2 atom stereocenters. The van der Waals surface area contributed by atoms with E-state index in [2.05, 4.69) is 15.3 Å². The molecule has 2 saturated heterocycles. The zero-order valence-corrected chi connectivity index (χ0v) is 14.3. The second-order valence-corrected chi connectivity index (χ2v) is 7.41. The fourth-order valence-electron chi connectivity index (χ4n) is 3.27. The highest BCUT2D eigenvalue weighted by Crippen LogP contribution is 2.38. The summed E-state index contributed by atoms with van der Waals surface area (Å²) in [7, 11) is 0. The molecule has 1 aromatic carbocycles. The molecule has 24 heavy (non-hydrogen) atoms. The van der Waals surface area contributed by atoms with Crippen LogP contribution in [0.3, 0.4) is 0 Å². The first-order valence-corrected chi connectivity index (χ1v) is 9.51. The Labute approximate surface area is 146 Å². The molecule has 2 fully saturated rings. The Balaban J connectivity index is 1.42. The lowest BCUT2D eigenvalue weighted by atomic mass is 9.90. The van der Waals surface area contributed by atoms with Gasteiger partial charge in [-0.3, -0.25) is 0 Å². The van der Waals surface area contributed by atoms with Crippen LogP contribution in [0.5, 0.6) is 11.6 Å². The predicted molar refractivity (Wildman–Crippen MR) is 95.8 cm³/mol. The van der Waals surface area contributed by atoms with Crippen molar-refractivity contribution in [2.75, 3.05) is 23.4 Å².